The van der Waals surface area contributed by atoms with Gasteiger partial charge in [0.05, 0.1) is 32.4 Å². The maximum atomic E-state index is 13.4. The number of fused-ring (bicyclic) bond motifs is 1. The second-order valence-corrected chi connectivity index (χ2v) is 8.18. The van der Waals surface area contributed by atoms with E-state index in [1.807, 2.05) is 48.5 Å². The van der Waals surface area contributed by atoms with Crippen LogP contribution in [0.5, 0.6) is 28.7 Å². The largest absolute Gasteiger partial charge is 0.493 e. The number of ketones is 1. The van der Waals surface area contributed by atoms with Crippen molar-refractivity contribution in [3.8, 4) is 40.0 Å². The van der Waals surface area contributed by atoms with Crippen LogP contribution in [0.25, 0.3) is 11.3 Å². The molecule has 2 heterocycles. The summed E-state index contributed by atoms with van der Waals surface area (Å²) in [4.78, 5) is 18.1. The van der Waals surface area contributed by atoms with Gasteiger partial charge < -0.3 is 23.7 Å². The van der Waals surface area contributed by atoms with Gasteiger partial charge in [-0.1, -0.05) is 12.1 Å². The number of Topliss-reactive ketones (excluding diaryl/α,β-unsaturated/α-hetero) is 1. The highest BCUT2D eigenvalue weighted by Gasteiger charge is 2.51. The zero-order chi connectivity index (χ0) is 23.0. The molecule has 0 amide bonds. The van der Waals surface area contributed by atoms with Gasteiger partial charge in [-0.3, -0.25) is 9.78 Å². The molecular weight excluding hydrogens is 422 g/mol. The lowest BCUT2D eigenvalue weighted by molar-refractivity contribution is -0.120. The third-order valence-corrected chi connectivity index (χ3v) is 6.32. The SMILES string of the molecule is COc1cc(-c2cccc(CC(=O)C3(c4ccc5c(c4)OCO5)CC3)n2)cc(OC)c1OC. The van der Waals surface area contributed by atoms with Crippen LogP contribution in [0.3, 0.4) is 0 Å². The molecule has 1 aromatic heterocycles. The molecule has 0 spiro atoms. The predicted octanol–water partition coefficient (Wildman–Crippen LogP) is 4.35. The van der Waals surface area contributed by atoms with Crippen molar-refractivity contribution in [2.45, 2.75) is 24.7 Å². The molecule has 7 heteroatoms. The number of hydrogen-bond donors (Lipinski definition) is 0. The highest BCUT2D eigenvalue weighted by atomic mass is 16.7. The van der Waals surface area contributed by atoms with E-state index < -0.39 is 5.41 Å². The summed E-state index contributed by atoms with van der Waals surface area (Å²) in [5.74, 6) is 3.21. The summed E-state index contributed by atoms with van der Waals surface area (Å²) in [6.45, 7) is 0.220. The van der Waals surface area contributed by atoms with Gasteiger partial charge >= 0.3 is 0 Å². The van der Waals surface area contributed by atoms with Gasteiger partial charge in [-0.25, -0.2) is 0 Å². The van der Waals surface area contributed by atoms with E-state index in [2.05, 4.69) is 0 Å². The van der Waals surface area contributed by atoms with Crippen molar-refractivity contribution in [2.24, 2.45) is 0 Å². The lowest BCUT2D eigenvalue weighted by Gasteiger charge is -2.16. The average molecular weight is 447 g/mol. The minimum absolute atomic E-state index is 0.163. The molecule has 1 aliphatic carbocycles. The van der Waals surface area contributed by atoms with E-state index in [1.165, 1.54) is 0 Å². The number of hydrogen-bond acceptors (Lipinski definition) is 7. The summed E-state index contributed by atoms with van der Waals surface area (Å²) in [6.07, 6.45) is 1.92. The summed E-state index contributed by atoms with van der Waals surface area (Å²) in [6, 6.07) is 15.2. The fourth-order valence-corrected chi connectivity index (χ4v) is 4.35. The minimum atomic E-state index is -0.467. The summed E-state index contributed by atoms with van der Waals surface area (Å²) in [5, 5.41) is 0. The molecule has 170 valence electrons. The van der Waals surface area contributed by atoms with Crippen molar-refractivity contribution in [3.05, 3.63) is 59.8 Å². The van der Waals surface area contributed by atoms with E-state index in [0.29, 0.717) is 23.0 Å². The molecule has 1 saturated carbocycles. The summed E-state index contributed by atoms with van der Waals surface area (Å²) in [7, 11) is 4.72. The number of ether oxygens (including phenoxy) is 5. The predicted molar refractivity (Wildman–Crippen MR) is 122 cm³/mol. The highest BCUT2D eigenvalue weighted by Crippen LogP contribution is 2.51. The van der Waals surface area contributed by atoms with Crippen LogP contribution in [0, 0.1) is 0 Å². The Labute approximate surface area is 192 Å². The number of carbonyl (C=O) groups is 1. The number of carbonyl (C=O) groups excluding carboxylic acids is 1. The van der Waals surface area contributed by atoms with Gasteiger partial charge in [-0.05, 0) is 54.8 Å². The zero-order valence-corrected chi connectivity index (χ0v) is 18.8. The molecule has 2 aromatic carbocycles. The Kier molecular flexibility index (Phi) is 5.32. The quantitative estimate of drug-likeness (QED) is 0.508. The standard InChI is InChI=1S/C26H25NO6/c1-29-22-11-16(12-23(30-2)25(22)31-3)19-6-4-5-18(27-19)14-24(28)26(9-10-26)17-7-8-20-21(13-17)33-15-32-20/h4-8,11-13H,9-10,14-15H2,1-3H3. The number of methoxy groups -OCH3 is 3. The molecule has 0 saturated heterocycles. The van der Waals surface area contributed by atoms with Crippen LogP contribution >= 0.6 is 0 Å². The molecule has 3 aromatic rings. The molecule has 0 atom stereocenters. The Hall–Kier alpha value is -3.74. The molecule has 1 aliphatic heterocycles. The maximum Gasteiger partial charge on any atom is 0.231 e. The van der Waals surface area contributed by atoms with Gasteiger partial charge in [0.25, 0.3) is 0 Å². The Morgan fingerprint density at radius 2 is 1.67 bits per heavy atom. The molecule has 0 unspecified atom stereocenters. The molecule has 7 nitrogen and oxygen atoms in total. The number of rotatable bonds is 8. The molecule has 1 fully saturated rings. The topological polar surface area (TPSA) is 76.1 Å². The van der Waals surface area contributed by atoms with Crippen molar-refractivity contribution in [1.29, 1.82) is 0 Å². The molecule has 0 radical (unpaired) electrons. The number of benzene rings is 2. The van der Waals surface area contributed by atoms with E-state index in [9.17, 15) is 4.79 Å². The van der Waals surface area contributed by atoms with Crippen molar-refractivity contribution in [2.75, 3.05) is 28.1 Å². The first-order valence-corrected chi connectivity index (χ1v) is 10.8. The Balaban J connectivity index is 1.41. The van der Waals surface area contributed by atoms with Crippen molar-refractivity contribution >= 4 is 5.78 Å². The fraction of sp³-hybridized carbons (Fsp3) is 0.308. The van der Waals surface area contributed by atoms with Gasteiger partial charge in [0.2, 0.25) is 12.5 Å². The zero-order valence-electron chi connectivity index (χ0n) is 18.8. The third kappa shape index (κ3) is 3.73. The second kappa shape index (κ2) is 8.31. The van der Waals surface area contributed by atoms with E-state index in [0.717, 1.165) is 41.1 Å². The molecule has 5 rings (SSSR count). The Morgan fingerprint density at radius 1 is 0.939 bits per heavy atom. The first-order valence-electron chi connectivity index (χ1n) is 10.8. The number of nitrogens with zero attached hydrogens (tertiary/aromatic N) is 1. The van der Waals surface area contributed by atoms with E-state index in [4.69, 9.17) is 28.7 Å². The summed E-state index contributed by atoms with van der Waals surface area (Å²) >= 11 is 0. The van der Waals surface area contributed by atoms with Crippen LogP contribution in [-0.2, 0) is 16.6 Å². The lowest BCUT2D eigenvalue weighted by atomic mass is 9.88. The Bertz CT molecular complexity index is 1190. The molecule has 0 bridgehead atoms. The van der Waals surface area contributed by atoms with E-state index >= 15 is 0 Å². The first kappa shape index (κ1) is 21.1. The summed E-state index contributed by atoms with van der Waals surface area (Å²) < 4.78 is 27.2. The first-order chi connectivity index (χ1) is 16.1. The van der Waals surface area contributed by atoms with Gasteiger partial charge in [-0.15, -0.1) is 0 Å². The van der Waals surface area contributed by atoms with E-state index in [1.54, 1.807) is 21.3 Å². The molecule has 33 heavy (non-hydrogen) atoms. The second-order valence-electron chi connectivity index (χ2n) is 8.18. The highest BCUT2D eigenvalue weighted by molar-refractivity contribution is 5.94. The van der Waals surface area contributed by atoms with Gasteiger partial charge in [-0.2, -0.15) is 0 Å². The maximum absolute atomic E-state index is 13.4. The van der Waals surface area contributed by atoms with Crippen LogP contribution in [0.2, 0.25) is 0 Å². The van der Waals surface area contributed by atoms with Gasteiger partial charge in [0, 0.05) is 17.7 Å². The van der Waals surface area contributed by atoms with E-state index in [-0.39, 0.29) is 19.0 Å². The third-order valence-electron chi connectivity index (χ3n) is 6.32. The van der Waals surface area contributed by atoms with Crippen LogP contribution in [0.15, 0.2) is 48.5 Å². The molecule has 0 N–H and O–H groups in total. The van der Waals surface area contributed by atoms with Crippen molar-refractivity contribution in [3.63, 3.8) is 0 Å². The van der Waals surface area contributed by atoms with Crippen LogP contribution < -0.4 is 23.7 Å². The van der Waals surface area contributed by atoms with Gasteiger partial charge in [0.15, 0.2) is 23.0 Å². The normalized spacial score (nSPS) is 15.1. The van der Waals surface area contributed by atoms with Crippen LogP contribution in [0.4, 0.5) is 0 Å². The van der Waals surface area contributed by atoms with Crippen LogP contribution in [0.1, 0.15) is 24.1 Å². The fourth-order valence-electron chi connectivity index (χ4n) is 4.35. The van der Waals surface area contributed by atoms with Gasteiger partial charge in [0.1, 0.15) is 5.78 Å². The van der Waals surface area contributed by atoms with Crippen molar-refractivity contribution in [1.82, 2.24) is 4.98 Å². The smallest absolute Gasteiger partial charge is 0.231 e. The number of aromatic nitrogens is 1. The minimum Gasteiger partial charge on any atom is -0.493 e. The Morgan fingerprint density at radius 3 is 2.33 bits per heavy atom. The number of pyridine rings is 1. The molecular formula is C26H25NO6. The molecule has 2 aliphatic rings. The monoisotopic (exact) mass is 447 g/mol. The summed E-state index contributed by atoms with van der Waals surface area (Å²) in [5.41, 5.74) is 2.78. The van der Waals surface area contributed by atoms with Crippen molar-refractivity contribution < 1.29 is 28.5 Å². The lowest BCUT2D eigenvalue weighted by Crippen LogP contribution is -2.23. The average Bonchev–Trinajstić information content (AvgIpc) is 3.54. The van der Waals surface area contributed by atoms with Crippen LogP contribution in [-0.4, -0.2) is 38.9 Å².